The van der Waals surface area contributed by atoms with Crippen molar-refractivity contribution in [2.24, 2.45) is 0 Å². The van der Waals surface area contributed by atoms with E-state index in [0.717, 1.165) is 28.5 Å². The van der Waals surface area contributed by atoms with E-state index >= 15 is 0 Å². The van der Waals surface area contributed by atoms with Crippen LogP contribution in [-0.2, 0) is 23.3 Å². The number of alkyl halides is 3. The van der Waals surface area contributed by atoms with Gasteiger partial charge < -0.3 is 9.88 Å². The van der Waals surface area contributed by atoms with Crippen LogP contribution in [0.25, 0.3) is 0 Å². The standard InChI is InChI=1S/C21H21F3N4OS2/c1-3-28-18(12-30-15-10-8-14(2)9-11-15)26-27-20(28)31-13-19(29)25-17-7-5-4-6-16(17)21(22,23)24/h4-11H,3,12-13H2,1-2H3,(H,25,29). The van der Waals surface area contributed by atoms with Crippen molar-refractivity contribution in [1.29, 1.82) is 0 Å². The topological polar surface area (TPSA) is 59.8 Å². The number of carbonyl (C=O) groups excluding carboxylic acids is 1. The Balaban J connectivity index is 1.60. The van der Waals surface area contributed by atoms with Crippen LogP contribution in [0.1, 0.15) is 23.9 Å². The maximum atomic E-state index is 13.1. The Hall–Kier alpha value is -2.46. The van der Waals surface area contributed by atoms with Gasteiger partial charge in [-0.3, -0.25) is 4.79 Å². The van der Waals surface area contributed by atoms with E-state index in [9.17, 15) is 18.0 Å². The summed E-state index contributed by atoms with van der Waals surface area (Å²) in [6.45, 7) is 4.61. The van der Waals surface area contributed by atoms with Crippen LogP contribution in [0.3, 0.4) is 0 Å². The first-order chi connectivity index (χ1) is 14.8. The first-order valence-corrected chi connectivity index (χ1v) is 11.5. The average molecular weight is 467 g/mol. The highest BCUT2D eigenvalue weighted by atomic mass is 32.2. The van der Waals surface area contributed by atoms with Crippen LogP contribution in [0.15, 0.2) is 58.6 Å². The number of rotatable bonds is 8. The van der Waals surface area contributed by atoms with Crippen LogP contribution >= 0.6 is 23.5 Å². The molecule has 3 rings (SSSR count). The van der Waals surface area contributed by atoms with E-state index in [0.29, 0.717) is 17.5 Å². The van der Waals surface area contributed by atoms with Crippen molar-refractivity contribution < 1.29 is 18.0 Å². The Labute approximate surface area is 186 Å². The number of thioether (sulfide) groups is 2. The summed E-state index contributed by atoms with van der Waals surface area (Å²) >= 11 is 2.78. The van der Waals surface area contributed by atoms with Gasteiger partial charge in [0.15, 0.2) is 5.16 Å². The molecule has 10 heteroatoms. The molecule has 0 aliphatic rings. The Kier molecular flexibility index (Phi) is 7.66. The molecule has 0 saturated carbocycles. The molecule has 0 atom stereocenters. The first kappa shape index (κ1) is 23.2. The van der Waals surface area contributed by atoms with Gasteiger partial charge in [0.25, 0.3) is 0 Å². The minimum absolute atomic E-state index is 0.0740. The van der Waals surface area contributed by atoms with E-state index in [1.54, 1.807) is 11.8 Å². The predicted molar refractivity (Wildman–Crippen MR) is 117 cm³/mol. The zero-order valence-electron chi connectivity index (χ0n) is 16.9. The van der Waals surface area contributed by atoms with Crippen LogP contribution in [0.5, 0.6) is 0 Å². The third-order valence-corrected chi connectivity index (χ3v) is 6.31. The van der Waals surface area contributed by atoms with Gasteiger partial charge in [-0.1, -0.05) is 41.6 Å². The van der Waals surface area contributed by atoms with Gasteiger partial charge in [-0.15, -0.1) is 22.0 Å². The predicted octanol–water partition coefficient (Wildman–Crippen LogP) is 5.65. The van der Waals surface area contributed by atoms with E-state index < -0.39 is 17.6 Å². The summed E-state index contributed by atoms with van der Waals surface area (Å²) in [7, 11) is 0. The molecule has 0 unspecified atom stereocenters. The lowest BCUT2D eigenvalue weighted by atomic mass is 10.1. The van der Waals surface area contributed by atoms with Crippen LogP contribution in [-0.4, -0.2) is 26.4 Å². The van der Waals surface area contributed by atoms with E-state index in [4.69, 9.17) is 0 Å². The number of amides is 1. The lowest BCUT2D eigenvalue weighted by molar-refractivity contribution is -0.137. The summed E-state index contributed by atoms with van der Waals surface area (Å²) < 4.78 is 41.2. The van der Waals surface area contributed by atoms with Crippen molar-refractivity contribution in [3.8, 4) is 0 Å². The van der Waals surface area contributed by atoms with E-state index in [2.05, 4.69) is 15.5 Å². The van der Waals surface area contributed by atoms with Gasteiger partial charge >= 0.3 is 6.18 Å². The number of nitrogens with one attached hydrogen (secondary N) is 1. The Morgan fingerprint density at radius 3 is 2.45 bits per heavy atom. The zero-order chi connectivity index (χ0) is 22.4. The SMILES string of the molecule is CCn1c(CSc2ccc(C)cc2)nnc1SCC(=O)Nc1ccccc1C(F)(F)F. The largest absolute Gasteiger partial charge is 0.418 e. The molecule has 1 amide bonds. The monoisotopic (exact) mass is 466 g/mol. The van der Waals surface area contributed by atoms with Crippen molar-refractivity contribution >= 4 is 35.1 Å². The van der Waals surface area contributed by atoms with E-state index in [-0.39, 0.29) is 11.4 Å². The van der Waals surface area contributed by atoms with Crippen LogP contribution in [0.2, 0.25) is 0 Å². The molecule has 31 heavy (non-hydrogen) atoms. The van der Waals surface area contributed by atoms with E-state index in [1.165, 1.54) is 23.8 Å². The smallest absolute Gasteiger partial charge is 0.325 e. The second-order valence-corrected chi connectivity index (χ2v) is 8.62. The molecule has 2 aromatic carbocycles. The Bertz CT molecular complexity index is 1040. The fourth-order valence-electron chi connectivity index (χ4n) is 2.79. The van der Waals surface area contributed by atoms with Gasteiger partial charge in [0.1, 0.15) is 5.82 Å². The number of halogens is 3. The lowest BCUT2D eigenvalue weighted by Crippen LogP contribution is -2.18. The van der Waals surface area contributed by atoms with Gasteiger partial charge in [0, 0.05) is 11.4 Å². The van der Waals surface area contributed by atoms with Crippen LogP contribution in [0, 0.1) is 6.92 Å². The summed E-state index contributed by atoms with van der Waals surface area (Å²) in [6.07, 6.45) is -4.54. The fourth-order valence-corrected chi connectivity index (χ4v) is 4.45. The van der Waals surface area contributed by atoms with Gasteiger partial charge in [0.05, 0.1) is 22.8 Å². The van der Waals surface area contributed by atoms with Gasteiger partial charge in [0.2, 0.25) is 5.91 Å². The average Bonchev–Trinajstić information content (AvgIpc) is 3.13. The van der Waals surface area contributed by atoms with E-state index in [1.807, 2.05) is 42.7 Å². The molecule has 1 aromatic heterocycles. The maximum Gasteiger partial charge on any atom is 0.418 e. The number of carbonyl (C=O) groups is 1. The molecule has 164 valence electrons. The summed E-state index contributed by atoms with van der Waals surface area (Å²) in [6, 6.07) is 13.1. The molecule has 1 N–H and O–H groups in total. The van der Waals surface area contributed by atoms with Crippen molar-refractivity contribution in [1.82, 2.24) is 14.8 Å². The number of hydrogen-bond donors (Lipinski definition) is 1. The van der Waals surface area contributed by atoms with Crippen LogP contribution < -0.4 is 5.32 Å². The minimum atomic E-state index is -4.54. The van der Waals surface area contributed by atoms with Crippen molar-refractivity contribution in [2.75, 3.05) is 11.1 Å². The highest BCUT2D eigenvalue weighted by molar-refractivity contribution is 7.99. The maximum absolute atomic E-state index is 13.1. The number of para-hydroxylation sites is 1. The Morgan fingerprint density at radius 1 is 1.06 bits per heavy atom. The summed E-state index contributed by atoms with van der Waals surface area (Å²) in [4.78, 5) is 13.4. The minimum Gasteiger partial charge on any atom is -0.325 e. The number of anilines is 1. The molecule has 0 saturated heterocycles. The molecular weight excluding hydrogens is 445 g/mol. The molecule has 1 heterocycles. The molecule has 0 fully saturated rings. The molecule has 0 radical (unpaired) electrons. The summed E-state index contributed by atoms with van der Waals surface area (Å²) in [5.74, 6) is 0.784. The number of benzene rings is 2. The molecule has 0 aliphatic heterocycles. The lowest BCUT2D eigenvalue weighted by Gasteiger charge is -2.13. The molecule has 0 spiro atoms. The van der Waals surface area contributed by atoms with Gasteiger partial charge in [-0.2, -0.15) is 13.2 Å². The summed E-state index contributed by atoms with van der Waals surface area (Å²) in [5.41, 5.74) is 0.0594. The highest BCUT2D eigenvalue weighted by Gasteiger charge is 2.33. The zero-order valence-corrected chi connectivity index (χ0v) is 18.6. The third-order valence-electron chi connectivity index (χ3n) is 4.34. The highest BCUT2D eigenvalue weighted by Crippen LogP contribution is 2.34. The van der Waals surface area contributed by atoms with Crippen molar-refractivity contribution in [3.63, 3.8) is 0 Å². The van der Waals surface area contributed by atoms with Gasteiger partial charge in [-0.25, -0.2) is 0 Å². The summed E-state index contributed by atoms with van der Waals surface area (Å²) in [5, 5.41) is 11.3. The second-order valence-electron chi connectivity index (χ2n) is 6.62. The van der Waals surface area contributed by atoms with Gasteiger partial charge in [-0.05, 0) is 38.1 Å². The second kappa shape index (κ2) is 10.2. The van der Waals surface area contributed by atoms with Crippen LogP contribution in [0.4, 0.5) is 18.9 Å². The van der Waals surface area contributed by atoms with Crippen molar-refractivity contribution in [3.05, 3.63) is 65.5 Å². The van der Waals surface area contributed by atoms with Crippen molar-refractivity contribution in [2.45, 2.75) is 42.4 Å². The molecule has 5 nitrogen and oxygen atoms in total. The first-order valence-electron chi connectivity index (χ1n) is 9.48. The fraction of sp³-hybridized carbons (Fsp3) is 0.286. The molecule has 0 bridgehead atoms. The molecule has 3 aromatic rings. The number of hydrogen-bond acceptors (Lipinski definition) is 5. The Morgan fingerprint density at radius 2 is 1.77 bits per heavy atom. The number of aromatic nitrogens is 3. The third kappa shape index (κ3) is 6.27. The molecular formula is C21H21F3N4OS2. The quantitative estimate of drug-likeness (QED) is 0.435. The normalized spacial score (nSPS) is 11.5. The number of nitrogens with zero attached hydrogens (tertiary/aromatic N) is 3. The molecule has 0 aliphatic carbocycles. The number of aryl methyl sites for hydroxylation is 1.